The molecule has 0 aromatic heterocycles. The van der Waals surface area contributed by atoms with Gasteiger partial charge in [-0.1, -0.05) is 18.6 Å². The number of hydrogen-bond donors (Lipinski definition) is 0. The van der Waals surface area contributed by atoms with Crippen molar-refractivity contribution in [3.63, 3.8) is 0 Å². The summed E-state index contributed by atoms with van der Waals surface area (Å²) in [6.07, 6.45) is 6.65. The third-order valence-electron chi connectivity index (χ3n) is 6.31. The van der Waals surface area contributed by atoms with Gasteiger partial charge in [0, 0.05) is 38.1 Å². The van der Waals surface area contributed by atoms with Crippen LogP contribution >= 0.6 is 0 Å². The highest BCUT2D eigenvalue weighted by Crippen LogP contribution is 2.52. The van der Waals surface area contributed by atoms with Crippen LogP contribution in [0.15, 0.2) is 24.3 Å². The summed E-state index contributed by atoms with van der Waals surface area (Å²) in [7, 11) is 0. The van der Waals surface area contributed by atoms with E-state index < -0.39 is 0 Å². The van der Waals surface area contributed by atoms with E-state index in [0.717, 1.165) is 31.2 Å². The number of fused-ring (bicyclic) bond motifs is 2. The van der Waals surface area contributed by atoms with Crippen molar-refractivity contribution in [2.75, 3.05) is 26.2 Å². The Morgan fingerprint density at radius 1 is 1.21 bits per heavy atom. The Kier molecular flexibility index (Phi) is 4.37. The molecule has 2 atom stereocenters. The number of ether oxygens (including phenoxy) is 1. The van der Waals surface area contributed by atoms with Gasteiger partial charge in [0.2, 0.25) is 0 Å². The molecule has 0 N–H and O–H groups in total. The van der Waals surface area contributed by atoms with Crippen molar-refractivity contribution in [3.05, 3.63) is 35.4 Å². The fraction of sp³-hybridized carbons (Fsp3) is 0.667. The van der Waals surface area contributed by atoms with E-state index in [-0.39, 0.29) is 5.60 Å². The normalized spacial score (nSPS) is 33.2. The van der Waals surface area contributed by atoms with Crippen LogP contribution in [0.3, 0.4) is 0 Å². The lowest BCUT2D eigenvalue weighted by atomic mass is 9.62. The fourth-order valence-corrected chi connectivity index (χ4v) is 5.20. The zero-order chi connectivity index (χ0) is 16.6. The Morgan fingerprint density at radius 2 is 1.96 bits per heavy atom. The average molecular weight is 324 g/mol. The minimum atomic E-state index is -0.181. The van der Waals surface area contributed by atoms with Crippen molar-refractivity contribution >= 4 is 0 Å². The summed E-state index contributed by atoms with van der Waals surface area (Å²) >= 11 is 0. The number of piperidine rings is 1. The van der Waals surface area contributed by atoms with Gasteiger partial charge in [-0.2, -0.15) is 5.26 Å². The Bertz CT molecular complexity index is 617. The minimum absolute atomic E-state index is 0.181. The first-order chi connectivity index (χ1) is 11.8. The van der Waals surface area contributed by atoms with Gasteiger partial charge in [0.1, 0.15) is 5.60 Å². The predicted octanol–water partition coefficient (Wildman–Crippen LogP) is 3.93. The van der Waals surface area contributed by atoms with Gasteiger partial charge in [0.05, 0.1) is 11.6 Å². The maximum atomic E-state index is 9.33. The first-order valence-corrected chi connectivity index (χ1v) is 9.63. The van der Waals surface area contributed by atoms with Crippen LogP contribution in [0.4, 0.5) is 0 Å². The van der Waals surface area contributed by atoms with Crippen LogP contribution in [0, 0.1) is 29.1 Å². The van der Waals surface area contributed by atoms with E-state index in [4.69, 9.17) is 4.74 Å². The van der Waals surface area contributed by atoms with Gasteiger partial charge in [0.25, 0.3) is 0 Å². The molecule has 1 saturated heterocycles. The minimum Gasteiger partial charge on any atom is -0.370 e. The standard InChI is InChI=1S/C21H28N2O/c1-2-24-21(18-6-3-5-17(11-18)12-22)19-7-4-8-20(21)15-23(14-19)13-16-9-10-16/h3,5-6,11,16,19-20H,2,4,7-10,13-15H2,1H3. The molecule has 2 bridgehead atoms. The molecule has 1 aromatic rings. The lowest BCUT2D eigenvalue weighted by molar-refractivity contribution is -0.183. The van der Waals surface area contributed by atoms with Crippen LogP contribution in [0.1, 0.15) is 50.2 Å². The second-order valence-corrected chi connectivity index (χ2v) is 7.91. The van der Waals surface area contributed by atoms with Gasteiger partial charge in [-0.05, 0) is 56.2 Å². The number of nitriles is 1. The molecule has 0 radical (unpaired) electrons. The maximum Gasteiger partial charge on any atom is 0.101 e. The monoisotopic (exact) mass is 324 g/mol. The van der Waals surface area contributed by atoms with Crippen molar-refractivity contribution < 1.29 is 4.74 Å². The van der Waals surface area contributed by atoms with Gasteiger partial charge in [-0.15, -0.1) is 0 Å². The summed E-state index contributed by atoms with van der Waals surface area (Å²) in [6.45, 7) is 6.45. The Labute approximate surface area is 145 Å². The summed E-state index contributed by atoms with van der Waals surface area (Å²) in [5.41, 5.74) is 1.81. The SMILES string of the molecule is CCOC1(c2cccc(C#N)c2)C2CCCC1CN(CC1CC1)C2. The summed E-state index contributed by atoms with van der Waals surface area (Å²) in [4.78, 5) is 2.71. The molecule has 4 rings (SSSR count). The fourth-order valence-electron chi connectivity index (χ4n) is 5.20. The van der Waals surface area contributed by atoms with Gasteiger partial charge >= 0.3 is 0 Å². The molecule has 0 spiro atoms. The molecule has 1 aromatic carbocycles. The van der Waals surface area contributed by atoms with E-state index in [2.05, 4.69) is 30.0 Å². The smallest absolute Gasteiger partial charge is 0.101 e. The third kappa shape index (κ3) is 2.76. The lowest BCUT2D eigenvalue weighted by Crippen LogP contribution is -2.59. The molecule has 1 aliphatic heterocycles. The predicted molar refractivity (Wildman–Crippen MR) is 94.5 cm³/mol. The van der Waals surface area contributed by atoms with Crippen molar-refractivity contribution in [1.29, 1.82) is 5.26 Å². The summed E-state index contributed by atoms with van der Waals surface area (Å²) in [5.74, 6) is 2.06. The van der Waals surface area contributed by atoms with Crippen molar-refractivity contribution in [1.82, 2.24) is 4.90 Å². The molecule has 3 nitrogen and oxygen atoms in total. The number of likely N-dealkylation sites (tertiary alicyclic amines) is 1. The van der Waals surface area contributed by atoms with Gasteiger partial charge in [-0.25, -0.2) is 0 Å². The highest BCUT2D eigenvalue weighted by molar-refractivity contribution is 5.37. The first-order valence-electron chi connectivity index (χ1n) is 9.63. The summed E-state index contributed by atoms with van der Waals surface area (Å²) < 4.78 is 6.56. The summed E-state index contributed by atoms with van der Waals surface area (Å²) in [5, 5.41) is 9.33. The molecule has 1 heterocycles. The second kappa shape index (κ2) is 6.50. The molecule has 3 fully saturated rings. The van der Waals surface area contributed by atoms with E-state index in [1.54, 1.807) is 0 Å². The third-order valence-corrected chi connectivity index (χ3v) is 6.31. The zero-order valence-electron chi connectivity index (χ0n) is 14.7. The highest BCUT2D eigenvalue weighted by atomic mass is 16.5. The van der Waals surface area contributed by atoms with Crippen molar-refractivity contribution in [2.45, 2.75) is 44.6 Å². The number of nitrogens with zero attached hydrogens (tertiary/aromatic N) is 2. The molecular weight excluding hydrogens is 296 g/mol. The van der Waals surface area contributed by atoms with E-state index in [9.17, 15) is 5.26 Å². The molecular formula is C21H28N2O. The molecule has 2 unspecified atom stereocenters. The zero-order valence-corrected chi connectivity index (χ0v) is 14.7. The maximum absolute atomic E-state index is 9.33. The lowest BCUT2D eigenvalue weighted by Gasteiger charge is -2.56. The van der Waals surface area contributed by atoms with Crippen LogP contribution in [0.5, 0.6) is 0 Å². The largest absolute Gasteiger partial charge is 0.370 e. The van der Waals surface area contributed by atoms with Gasteiger partial charge in [-0.3, -0.25) is 0 Å². The van der Waals surface area contributed by atoms with Crippen molar-refractivity contribution in [3.8, 4) is 6.07 Å². The topological polar surface area (TPSA) is 36.3 Å². The van der Waals surface area contributed by atoms with Crippen LogP contribution in [-0.2, 0) is 10.3 Å². The van der Waals surface area contributed by atoms with Gasteiger partial charge < -0.3 is 9.64 Å². The van der Waals surface area contributed by atoms with E-state index in [1.807, 2.05) is 12.1 Å². The van der Waals surface area contributed by atoms with Crippen LogP contribution in [-0.4, -0.2) is 31.1 Å². The molecule has 0 amide bonds. The van der Waals surface area contributed by atoms with E-state index in [0.29, 0.717) is 11.8 Å². The quantitative estimate of drug-likeness (QED) is 0.823. The van der Waals surface area contributed by atoms with Crippen LogP contribution < -0.4 is 0 Å². The second-order valence-electron chi connectivity index (χ2n) is 7.91. The highest BCUT2D eigenvalue weighted by Gasteiger charge is 2.53. The number of hydrogen-bond acceptors (Lipinski definition) is 3. The van der Waals surface area contributed by atoms with Crippen LogP contribution in [0.2, 0.25) is 0 Å². The van der Waals surface area contributed by atoms with Crippen molar-refractivity contribution in [2.24, 2.45) is 17.8 Å². The molecule has 24 heavy (non-hydrogen) atoms. The summed E-state index contributed by atoms with van der Waals surface area (Å²) in [6, 6.07) is 10.5. The Morgan fingerprint density at radius 3 is 2.58 bits per heavy atom. The van der Waals surface area contributed by atoms with E-state index >= 15 is 0 Å². The number of rotatable bonds is 5. The Balaban J connectivity index is 1.69. The molecule has 3 heteroatoms. The van der Waals surface area contributed by atoms with Crippen LogP contribution in [0.25, 0.3) is 0 Å². The first kappa shape index (κ1) is 16.1. The molecule has 128 valence electrons. The Hall–Kier alpha value is -1.37. The molecule has 2 aliphatic carbocycles. The number of benzene rings is 1. The molecule has 3 aliphatic rings. The molecule has 2 saturated carbocycles. The van der Waals surface area contributed by atoms with E-state index in [1.165, 1.54) is 44.2 Å². The average Bonchev–Trinajstić information content (AvgIpc) is 3.39. The van der Waals surface area contributed by atoms with Gasteiger partial charge in [0.15, 0.2) is 0 Å².